The van der Waals surface area contributed by atoms with Gasteiger partial charge in [0.15, 0.2) is 5.58 Å². The van der Waals surface area contributed by atoms with Crippen LogP contribution >= 0.6 is 22.9 Å². The summed E-state index contributed by atoms with van der Waals surface area (Å²) in [5, 5.41) is 13.0. The topological polar surface area (TPSA) is 123 Å². The molecule has 2 heterocycles. The van der Waals surface area contributed by atoms with Crippen molar-refractivity contribution in [2.24, 2.45) is 0 Å². The number of nitriles is 1. The van der Waals surface area contributed by atoms with E-state index in [4.69, 9.17) is 30.2 Å². The highest BCUT2D eigenvalue weighted by Crippen LogP contribution is 2.29. The minimum absolute atomic E-state index is 0.206. The molecular formula is C31H36ClN5O5S. The van der Waals surface area contributed by atoms with Gasteiger partial charge in [0.25, 0.3) is 0 Å². The van der Waals surface area contributed by atoms with Crippen LogP contribution in [0, 0.1) is 11.3 Å². The molecule has 0 radical (unpaired) electrons. The molecule has 0 atom stereocenters. The van der Waals surface area contributed by atoms with Gasteiger partial charge >= 0.3 is 6.09 Å². The number of alkyl carbamates (subject to hydrolysis) is 1. The Balaban J connectivity index is 1.15. The van der Waals surface area contributed by atoms with E-state index in [-0.39, 0.29) is 6.61 Å². The first-order valence-corrected chi connectivity index (χ1v) is 15.6. The van der Waals surface area contributed by atoms with Crippen LogP contribution in [0.5, 0.6) is 0 Å². The van der Waals surface area contributed by atoms with Crippen molar-refractivity contribution >= 4 is 67.7 Å². The first-order valence-electron chi connectivity index (χ1n) is 14.3. The lowest BCUT2D eigenvalue weighted by atomic mass is 10.2. The Hall–Kier alpha value is -3.69. The van der Waals surface area contributed by atoms with E-state index in [1.807, 2.05) is 54.4 Å². The van der Waals surface area contributed by atoms with Crippen LogP contribution < -0.4 is 10.2 Å². The molecule has 2 aromatic carbocycles. The fourth-order valence-corrected chi connectivity index (χ4v) is 5.26. The average molecular weight is 626 g/mol. The van der Waals surface area contributed by atoms with Gasteiger partial charge in [-0.25, -0.2) is 14.8 Å². The predicted molar refractivity (Wildman–Crippen MR) is 171 cm³/mol. The Morgan fingerprint density at radius 3 is 2.67 bits per heavy atom. The summed E-state index contributed by atoms with van der Waals surface area (Å²) in [7, 11) is 1.90. The van der Waals surface area contributed by atoms with Crippen molar-refractivity contribution in [1.82, 2.24) is 15.3 Å². The first kappa shape index (κ1) is 32.2. The molecule has 4 aromatic rings. The smallest absolute Gasteiger partial charge is 0.407 e. The van der Waals surface area contributed by atoms with Crippen LogP contribution in [-0.2, 0) is 14.2 Å². The number of aromatic nitrogens is 2. The van der Waals surface area contributed by atoms with E-state index in [1.165, 1.54) is 11.3 Å². The van der Waals surface area contributed by atoms with Gasteiger partial charge in [0.1, 0.15) is 23.2 Å². The number of oxazole rings is 1. The minimum Gasteiger partial charge on any atom is -0.448 e. The number of anilines is 1. The quantitative estimate of drug-likeness (QED) is 0.0750. The second-order valence-corrected chi connectivity index (χ2v) is 11.1. The number of rotatable bonds is 18. The predicted octanol–water partition coefficient (Wildman–Crippen LogP) is 6.50. The number of nitrogens with one attached hydrogen (secondary N) is 1. The number of nitrogens with zero attached hydrogens (tertiary/aromatic N) is 4. The maximum atomic E-state index is 12.0. The molecule has 0 saturated heterocycles. The van der Waals surface area contributed by atoms with E-state index in [0.29, 0.717) is 60.5 Å². The highest BCUT2D eigenvalue weighted by molar-refractivity contribution is 7.19. The van der Waals surface area contributed by atoms with Gasteiger partial charge in [-0.05, 0) is 37.1 Å². The second-order valence-electron chi connectivity index (χ2n) is 9.67. The molecule has 0 bridgehead atoms. The van der Waals surface area contributed by atoms with E-state index < -0.39 is 6.09 Å². The number of para-hydroxylation sites is 1. The first-order chi connectivity index (χ1) is 21.1. The number of alkyl halides is 1. The summed E-state index contributed by atoms with van der Waals surface area (Å²) in [5.41, 5.74) is 3.37. The molecule has 0 spiro atoms. The molecule has 4 rings (SSSR count). The molecular weight excluding hydrogens is 590 g/mol. The van der Waals surface area contributed by atoms with Gasteiger partial charge in [-0.15, -0.1) is 22.9 Å². The minimum atomic E-state index is -0.492. The lowest BCUT2D eigenvalue weighted by Crippen LogP contribution is -2.31. The summed E-state index contributed by atoms with van der Waals surface area (Å²) < 4.78 is 23.2. The van der Waals surface area contributed by atoms with Crippen molar-refractivity contribution in [3.05, 3.63) is 53.4 Å². The lowest BCUT2D eigenvalue weighted by molar-refractivity contribution is 0.0469. The van der Waals surface area contributed by atoms with Crippen LogP contribution in [0.15, 0.2) is 46.9 Å². The number of fused-ring (bicyclic) bond motifs is 2. The summed E-state index contributed by atoms with van der Waals surface area (Å²) in [6.07, 6.45) is 5.47. The van der Waals surface area contributed by atoms with E-state index >= 15 is 0 Å². The average Bonchev–Trinajstić information content (AvgIpc) is 3.63. The van der Waals surface area contributed by atoms with Crippen LogP contribution in [0.25, 0.3) is 33.0 Å². The third-order valence-corrected chi connectivity index (χ3v) is 7.80. The van der Waals surface area contributed by atoms with Crippen LogP contribution in [0.4, 0.5) is 10.5 Å². The van der Waals surface area contributed by atoms with Crippen LogP contribution in [0.1, 0.15) is 36.6 Å². The number of thiazole rings is 1. The van der Waals surface area contributed by atoms with Crippen molar-refractivity contribution in [2.45, 2.75) is 25.7 Å². The summed E-state index contributed by atoms with van der Waals surface area (Å²) in [6.45, 7) is 3.18. The number of carbonyl (C=O) groups is 1. The summed E-state index contributed by atoms with van der Waals surface area (Å²) >= 11 is 7.11. The number of allylic oxidation sites excluding steroid dienone is 1. The second kappa shape index (κ2) is 17.4. The molecule has 12 heteroatoms. The summed E-state index contributed by atoms with van der Waals surface area (Å²) in [6, 6.07) is 15.6. The molecule has 0 fully saturated rings. The van der Waals surface area contributed by atoms with E-state index in [9.17, 15) is 10.1 Å². The molecule has 0 aliphatic carbocycles. The molecule has 43 heavy (non-hydrogen) atoms. The highest BCUT2D eigenvalue weighted by Gasteiger charge is 2.13. The number of carbonyl (C=O) groups excluding carboxylic acids is 1. The van der Waals surface area contributed by atoms with Gasteiger partial charge in [0, 0.05) is 43.9 Å². The van der Waals surface area contributed by atoms with Crippen molar-refractivity contribution in [1.29, 1.82) is 5.26 Å². The third kappa shape index (κ3) is 10.2. The fourth-order valence-electron chi connectivity index (χ4n) is 4.14. The van der Waals surface area contributed by atoms with Crippen LogP contribution in [0.3, 0.4) is 0 Å². The molecule has 2 aromatic heterocycles. The number of unbranched alkanes of at least 4 members (excludes halogenated alkanes) is 3. The number of amides is 1. The molecule has 1 N–H and O–H groups in total. The number of benzene rings is 2. The van der Waals surface area contributed by atoms with Gasteiger partial charge in [-0.3, -0.25) is 0 Å². The van der Waals surface area contributed by atoms with Gasteiger partial charge < -0.3 is 28.8 Å². The van der Waals surface area contributed by atoms with Gasteiger partial charge in [0.05, 0.1) is 42.2 Å². The largest absolute Gasteiger partial charge is 0.448 e. The van der Waals surface area contributed by atoms with E-state index in [2.05, 4.69) is 21.4 Å². The Labute approximate surface area is 260 Å². The molecule has 1 amide bonds. The van der Waals surface area contributed by atoms with Crippen molar-refractivity contribution in [3.63, 3.8) is 0 Å². The van der Waals surface area contributed by atoms with Crippen LogP contribution in [-0.4, -0.2) is 75.1 Å². The highest BCUT2D eigenvalue weighted by atomic mass is 35.5. The monoisotopic (exact) mass is 625 g/mol. The number of ether oxygens (including phenoxy) is 3. The molecule has 10 nitrogen and oxygen atoms in total. The zero-order valence-electron chi connectivity index (χ0n) is 24.2. The molecule has 0 aliphatic heterocycles. The van der Waals surface area contributed by atoms with Crippen molar-refractivity contribution < 1.29 is 23.4 Å². The van der Waals surface area contributed by atoms with Gasteiger partial charge in [-0.2, -0.15) is 5.26 Å². The fraction of sp³-hybridized carbons (Fsp3) is 0.419. The maximum absolute atomic E-state index is 12.0. The Morgan fingerprint density at radius 2 is 1.86 bits per heavy atom. The number of halogens is 1. The Kier molecular flexibility index (Phi) is 13.1. The van der Waals surface area contributed by atoms with Gasteiger partial charge in [-0.1, -0.05) is 25.0 Å². The molecule has 0 aliphatic rings. The zero-order chi connectivity index (χ0) is 30.3. The number of hydrogen-bond acceptors (Lipinski definition) is 10. The lowest BCUT2D eigenvalue weighted by Gasteiger charge is -2.19. The maximum Gasteiger partial charge on any atom is 0.407 e. The normalized spacial score (nSPS) is 11.6. The summed E-state index contributed by atoms with van der Waals surface area (Å²) in [5.74, 6) is 1.05. The van der Waals surface area contributed by atoms with Crippen LogP contribution in [0.2, 0.25) is 0 Å². The van der Waals surface area contributed by atoms with Crippen molar-refractivity contribution in [2.75, 3.05) is 64.0 Å². The Morgan fingerprint density at radius 1 is 1.05 bits per heavy atom. The van der Waals surface area contributed by atoms with E-state index in [1.54, 1.807) is 6.08 Å². The van der Waals surface area contributed by atoms with Gasteiger partial charge in [0.2, 0.25) is 5.89 Å². The zero-order valence-corrected chi connectivity index (χ0v) is 25.8. The molecule has 0 saturated carbocycles. The molecule has 0 unspecified atom stereocenters. The molecule has 228 valence electrons. The number of hydrogen-bond donors (Lipinski definition) is 1. The van der Waals surface area contributed by atoms with Crippen molar-refractivity contribution in [3.8, 4) is 6.07 Å². The number of likely N-dealkylation sites (N-methyl/N-ethyl adjacent to an activating group) is 1. The standard InChI is InChI=1S/C31H36ClN5O5S/c1-37(14-17-41-31(38)34-13-16-40-19-18-39-15-7-3-2-6-12-32)24-10-11-25-27(21-24)42-29(35-25)20-23(22-33)30-36-26-8-4-5-9-28(26)43-30/h4-5,8-11,20-21H,2-3,6-7,12-19H2,1H3,(H,34,38)/b23-20+. The van der Waals surface area contributed by atoms with E-state index in [0.717, 1.165) is 54.1 Å². The summed E-state index contributed by atoms with van der Waals surface area (Å²) in [4.78, 5) is 23.0. The third-order valence-electron chi connectivity index (χ3n) is 6.46. The SMILES string of the molecule is CN(CCOC(=O)NCCOCCOCCCCCCCl)c1ccc2nc(/C=C(\C#N)c3nc4ccccc4s3)oc2c1. The Bertz CT molecular complexity index is 1500.